The minimum atomic E-state index is -2.98. The lowest BCUT2D eigenvalue weighted by Gasteiger charge is -2.00. The number of amides is 1. The Morgan fingerprint density at radius 2 is 2.31 bits per heavy atom. The SMILES string of the molecule is Cc1ccc(CNC(=O)C(F)F)o1. The average molecular weight is 189 g/mol. The Balaban J connectivity index is 2.39. The first-order valence-corrected chi connectivity index (χ1v) is 3.71. The van der Waals surface area contributed by atoms with Crippen molar-refractivity contribution < 1.29 is 18.0 Å². The number of halogens is 2. The lowest BCUT2D eigenvalue weighted by molar-refractivity contribution is -0.131. The van der Waals surface area contributed by atoms with E-state index >= 15 is 0 Å². The zero-order valence-electron chi connectivity index (χ0n) is 7.01. The molecule has 0 aliphatic heterocycles. The standard InChI is InChI=1S/C8H9F2NO2/c1-5-2-3-6(13-5)4-11-8(12)7(9)10/h2-3,7H,4H2,1H3,(H,11,12). The highest BCUT2D eigenvalue weighted by Crippen LogP contribution is 2.05. The van der Waals surface area contributed by atoms with E-state index in [1.54, 1.807) is 19.1 Å². The molecule has 0 bridgehead atoms. The summed E-state index contributed by atoms with van der Waals surface area (Å²) in [5.41, 5.74) is 0. The fourth-order valence-electron chi connectivity index (χ4n) is 0.832. The molecule has 1 N–H and O–H groups in total. The van der Waals surface area contributed by atoms with E-state index in [1.807, 2.05) is 5.32 Å². The fraction of sp³-hybridized carbons (Fsp3) is 0.375. The molecule has 5 heteroatoms. The molecule has 0 unspecified atom stereocenters. The van der Waals surface area contributed by atoms with E-state index in [4.69, 9.17) is 4.42 Å². The number of furan rings is 1. The van der Waals surface area contributed by atoms with Crippen molar-refractivity contribution in [1.82, 2.24) is 5.32 Å². The van der Waals surface area contributed by atoms with Crippen molar-refractivity contribution in [2.75, 3.05) is 0 Å². The van der Waals surface area contributed by atoms with Crippen LogP contribution in [0, 0.1) is 6.92 Å². The van der Waals surface area contributed by atoms with Crippen LogP contribution in [0.5, 0.6) is 0 Å². The van der Waals surface area contributed by atoms with Crippen LogP contribution in [-0.2, 0) is 11.3 Å². The van der Waals surface area contributed by atoms with Gasteiger partial charge >= 0.3 is 6.43 Å². The third kappa shape index (κ3) is 2.85. The van der Waals surface area contributed by atoms with Gasteiger partial charge in [0.2, 0.25) is 0 Å². The van der Waals surface area contributed by atoms with Crippen molar-refractivity contribution in [2.24, 2.45) is 0 Å². The molecular formula is C8H9F2NO2. The second kappa shape index (κ2) is 4.02. The molecule has 1 aromatic rings. The first kappa shape index (κ1) is 9.70. The summed E-state index contributed by atoms with van der Waals surface area (Å²) >= 11 is 0. The largest absolute Gasteiger partial charge is 0.465 e. The van der Waals surface area contributed by atoms with Crippen LogP contribution in [0.3, 0.4) is 0 Å². The third-order valence-electron chi connectivity index (χ3n) is 1.43. The second-order valence-electron chi connectivity index (χ2n) is 2.53. The minimum absolute atomic E-state index is 0.00296. The quantitative estimate of drug-likeness (QED) is 0.782. The molecule has 0 aromatic carbocycles. The van der Waals surface area contributed by atoms with E-state index in [2.05, 4.69) is 0 Å². The summed E-state index contributed by atoms with van der Waals surface area (Å²) in [7, 11) is 0. The molecule has 0 atom stereocenters. The molecule has 3 nitrogen and oxygen atoms in total. The lowest BCUT2D eigenvalue weighted by atomic mass is 10.4. The van der Waals surface area contributed by atoms with Gasteiger partial charge in [0.25, 0.3) is 5.91 Å². The molecule has 0 fully saturated rings. The van der Waals surface area contributed by atoms with Gasteiger partial charge in [-0.25, -0.2) is 0 Å². The molecule has 1 rings (SSSR count). The molecular weight excluding hydrogens is 180 g/mol. The lowest BCUT2D eigenvalue weighted by Crippen LogP contribution is -2.28. The summed E-state index contributed by atoms with van der Waals surface area (Å²) in [6.45, 7) is 1.73. The molecule has 1 aromatic heterocycles. The first-order chi connectivity index (χ1) is 6.09. The molecule has 0 spiro atoms. The Bertz CT molecular complexity index is 296. The Morgan fingerprint density at radius 1 is 1.62 bits per heavy atom. The molecule has 0 radical (unpaired) electrons. The van der Waals surface area contributed by atoms with Crippen molar-refractivity contribution in [3.8, 4) is 0 Å². The van der Waals surface area contributed by atoms with Crippen molar-refractivity contribution >= 4 is 5.91 Å². The Labute approximate surface area is 73.7 Å². The average Bonchev–Trinajstić information content (AvgIpc) is 2.47. The molecule has 0 saturated carbocycles. The molecule has 0 aliphatic carbocycles. The van der Waals surface area contributed by atoms with Crippen LogP contribution in [0.15, 0.2) is 16.5 Å². The van der Waals surface area contributed by atoms with E-state index in [0.29, 0.717) is 11.5 Å². The van der Waals surface area contributed by atoms with Gasteiger partial charge in [-0.15, -0.1) is 0 Å². The topological polar surface area (TPSA) is 42.2 Å². The maximum absolute atomic E-state index is 11.7. The smallest absolute Gasteiger partial charge is 0.315 e. The van der Waals surface area contributed by atoms with Gasteiger partial charge in [0.05, 0.1) is 6.54 Å². The Kier molecular flexibility index (Phi) is 3.00. The number of carbonyl (C=O) groups excluding carboxylic acids is 1. The number of aryl methyl sites for hydroxylation is 1. The highest BCUT2D eigenvalue weighted by Gasteiger charge is 2.14. The van der Waals surface area contributed by atoms with Crippen molar-refractivity contribution in [2.45, 2.75) is 19.9 Å². The number of rotatable bonds is 3. The van der Waals surface area contributed by atoms with Gasteiger partial charge in [-0.3, -0.25) is 4.79 Å². The number of hydrogen-bond donors (Lipinski definition) is 1. The van der Waals surface area contributed by atoms with Gasteiger partial charge in [0, 0.05) is 0 Å². The van der Waals surface area contributed by atoms with Gasteiger partial charge in [-0.2, -0.15) is 8.78 Å². The molecule has 0 aliphatic rings. The van der Waals surface area contributed by atoms with Crippen molar-refractivity contribution in [3.05, 3.63) is 23.7 Å². The summed E-state index contributed by atoms with van der Waals surface area (Å²) in [6.07, 6.45) is -2.98. The predicted octanol–water partition coefficient (Wildman–Crippen LogP) is 1.47. The highest BCUT2D eigenvalue weighted by molar-refractivity contribution is 5.78. The number of carbonyl (C=O) groups is 1. The van der Waals surface area contributed by atoms with Crippen LogP contribution in [0.2, 0.25) is 0 Å². The minimum Gasteiger partial charge on any atom is -0.465 e. The summed E-state index contributed by atoms with van der Waals surface area (Å²) in [6, 6.07) is 3.32. The maximum Gasteiger partial charge on any atom is 0.315 e. The number of hydrogen-bond acceptors (Lipinski definition) is 2. The van der Waals surface area contributed by atoms with Crippen LogP contribution < -0.4 is 5.32 Å². The summed E-state index contributed by atoms with van der Waals surface area (Å²) < 4.78 is 28.4. The van der Waals surface area contributed by atoms with Crippen LogP contribution in [0.25, 0.3) is 0 Å². The van der Waals surface area contributed by atoms with Crippen LogP contribution in [0.4, 0.5) is 8.78 Å². The summed E-state index contributed by atoms with van der Waals surface area (Å²) in [4.78, 5) is 10.4. The van der Waals surface area contributed by atoms with Crippen LogP contribution in [-0.4, -0.2) is 12.3 Å². The van der Waals surface area contributed by atoms with E-state index in [9.17, 15) is 13.6 Å². The van der Waals surface area contributed by atoms with Gasteiger partial charge < -0.3 is 9.73 Å². The fourth-order valence-corrected chi connectivity index (χ4v) is 0.832. The maximum atomic E-state index is 11.7. The second-order valence-corrected chi connectivity index (χ2v) is 2.53. The molecule has 0 saturated heterocycles. The zero-order valence-corrected chi connectivity index (χ0v) is 7.01. The van der Waals surface area contributed by atoms with E-state index in [1.165, 1.54) is 0 Å². The van der Waals surface area contributed by atoms with Gasteiger partial charge in [0.15, 0.2) is 0 Å². The monoisotopic (exact) mass is 189 g/mol. The van der Waals surface area contributed by atoms with Crippen LogP contribution in [0.1, 0.15) is 11.5 Å². The molecule has 72 valence electrons. The molecule has 13 heavy (non-hydrogen) atoms. The number of alkyl halides is 2. The van der Waals surface area contributed by atoms with Gasteiger partial charge in [0.1, 0.15) is 11.5 Å². The normalized spacial score (nSPS) is 10.5. The molecule has 1 heterocycles. The van der Waals surface area contributed by atoms with Crippen molar-refractivity contribution in [1.29, 1.82) is 0 Å². The van der Waals surface area contributed by atoms with Crippen molar-refractivity contribution in [3.63, 3.8) is 0 Å². The first-order valence-electron chi connectivity index (χ1n) is 3.71. The predicted molar refractivity (Wildman–Crippen MR) is 41.3 cm³/mol. The zero-order chi connectivity index (χ0) is 9.84. The van der Waals surface area contributed by atoms with Crippen LogP contribution >= 0.6 is 0 Å². The summed E-state index contributed by atoms with van der Waals surface area (Å²) in [5, 5.41) is 2.03. The third-order valence-corrected chi connectivity index (χ3v) is 1.43. The van der Waals surface area contributed by atoms with Gasteiger partial charge in [-0.05, 0) is 19.1 Å². The van der Waals surface area contributed by atoms with E-state index in [-0.39, 0.29) is 6.54 Å². The van der Waals surface area contributed by atoms with E-state index < -0.39 is 12.3 Å². The Hall–Kier alpha value is -1.39. The van der Waals surface area contributed by atoms with E-state index in [0.717, 1.165) is 0 Å². The number of nitrogens with one attached hydrogen (secondary N) is 1. The molecule has 1 amide bonds. The Morgan fingerprint density at radius 3 is 2.77 bits per heavy atom. The van der Waals surface area contributed by atoms with Gasteiger partial charge in [-0.1, -0.05) is 0 Å². The summed E-state index contributed by atoms with van der Waals surface area (Å²) in [5.74, 6) is -0.137. The highest BCUT2D eigenvalue weighted by atomic mass is 19.3.